The molecule has 10 heteroatoms. The number of carboxylic acids is 2. The third kappa shape index (κ3) is 8.17. The average molecular weight is 555 g/mol. The largest absolute Gasteiger partial charge is 0.484 e. The molecule has 0 saturated heterocycles. The van der Waals surface area contributed by atoms with Crippen molar-refractivity contribution in [3.05, 3.63) is 119 Å². The lowest BCUT2D eigenvalue weighted by atomic mass is 9.99. The number of amides is 2. The van der Waals surface area contributed by atoms with Gasteiger partial charge in [-0.3, -0.25) is 9.59 Å². The third-order valence-electron chi connectivity index (χ3n) is 5.81. The lowest BCUT2D eigenvalue weighted by Gasteiger charge is -2.13. The molecule has 208 valence electrons. The molecule has 0 aliphatic rings. The van der Waals surface area contributed by atoms with E-state index in [1.54, 1.807) is 60.7 Å². The maximum atomic E-state index is 12.3. The molecule has 10 nitrogen and oxygen atoms in total. The van der Waals surface area contributed by atoms with Crippen LogP contribution in [0.25, 0.3) is 0 Å². The number of carbonyl (C=O) groups excluding carboxylic acids is 2. The van der Waals surface area contributed by atoms with Gasteiger partial charge in [0.05, 0.1) is 22.5 Å². The van der Waals surface area contributed by atoms with E-state index >= 15 is 0 Å². The zero-order valence-corrected chi connectivity index (χ0v) is 21.7. The standard InChI is InChI=1S/C31H26N2O8/c34-28(18-40-22-7-3-1-4-8-22)32-26-13-11-20(16-24(26)30(36)37)15-21-12-14-27(25(17-21)31(38)39)33-29(35)19-41-23-9-5-2-6-10-23/h1-14,16-17H,15,18-19H2,(H,32,34)(H,33,35)(H,36,37)(H,38,39). The number of benzene rings is 4. The molecule has 0 heterocycles. The van der Waals surface area contributed by atoms with E-state index in [1.807, 2.05) is 12.1 Å². The van der Waals surface area contributed by atoms with Gasteiger partial charge in [-0.05, 0) is 66.1 Å². The molecule has 0 aliphatic heterocycles. The average Bonchev–Trinajstić information content (AvgIpc) is 2.97. The number of aromatic carboxylic acids is 2. The first-order valence-corrected chi connectivity index (χ1v) is 12.5. The van der Waals surface area contributed by atoms with Crippen LogP contribution in [0.4, 0.5) is 11.4 Å². The molecule has 0 fully saturated rings. The number of hydrogen-bond acceptors (Lipinski definition) is 6. The Hall–Kier alpha value is -5.64. The van der Waals surface area contributed by atoms with Gasteiger partial charge >= 0.3 is 11.9 Å². The highest BCUT2D eigenvalue weighted by Gasteiger charge is 2.17. The lowest BCUT2D eigenvalue weighted by molar-refractivity contribution is -0.118. The quantitative estimate of drug-likeness (QED) is 0.197. The van der Waals surface area contributed by atoms with E-state index in [-0.39, 0.29) is 42.1 Å². The van der Waals surface area contributed by atoms with Crippen molar-refractivity contribution >= 4 is 35.1 Å². The van der Waals surface area contributed by atoms with Crippen LogP contribution in [0, 0.1) is 0 Å². The Morgan fingerprint density at radius 2 is 0.951 bits per heavy atom. The number of hydrogen-bond donors (Lipinski definition) is 4. The summed E-state index contributed by atoms with van der Waals surface area (Å²) in [7, 11) is 0. The molecule has 4 rings (SSSR count). The maximum Gasteiger partial charge on any atom is 0.337 e. The van der Waals surface area contributed by atoms with Crippen molar-refractivity contribution in [1.82, 2.24) is 0 Å². The SMILES string of the molecule is O=C(COc1ccccc1)Nc1ccc(Cc2ccc(NC(=O)COc3ccccc3)c(C(=O)O)c2)cc1C(=O)O. The van der Waals surface area contributed by atoms with E-state index in [0.29, 0.717) is 22.6 Å². The van der Waals surface area contributed by atoms with Crippen LogP contribution >= 0.6 is 0 Å². The molecule has 0 radical (unpaired) electrons. The van der Waals surface area contributed by atoms with Gasteiger partial charge in [0.15, 0.2) is 13.2 Å². The smallest absolute Gasteiger partial charge is 0.337 e. The van der Waals surface area contributed by atoms with Crippen LogP contribution in [0.15, 0.2) is 97.1 Å². The molecule has 4 aromatic carbocycles. The van der Waals surface area contributed by atoms with Crippen LogP contribution in [-0.4, -0.2) is 47.2 Å². The summed E-state index contributed by atoms with van der Waals surface area (Å²) in [5.41, 5.74) is 1.10. The molecule has 2 amide bonds. The number of nitrogens with one attached hydrogen (secondary N) is 2. The first kappa shape index (κ1) is 28.4. The minimum atomic E-state index is -1.24. The summed E-state index contributed by atoms with van der Waals surface area (Å²) < 4.78 is 10.8. The van der Waals surface area contributed by atoms with Crippen molar-refractivity contribution in [2.24, 2.45) is 0 Å². The van der Waals surface area contributed by atoms with Gasteiger partial charge in [-0.25, -0.2) is 9.59 Å². The van der Waals surface area contributed by atoms with Gasteiger partial charge in [0.25, 0.3) is 11.8 Å². The minimum Gasteiger partial charge on any atom is -0.484 e. The second-order valence-corrected chi connectivity index (χ2v) is 8.85. The van der Waals surface area contributed by atoms with Crippen molar-refractivity contribution in [1.29, 1.82) is 0 Å². The van der Waals surface area contributed by atoms with Crippen molar-refractivity contribution < 1.29 is 38.9 Å². The topological polar surface area (TPSA) is 151 Å². The fourth-order valence-corrected chi connectivity index (χ4v) is 3.91. The van der Waals surface area contributed by atoms with Crippen LogP contribution < -0.4 is 20.1 Å². The molecular formula is C31H26N2O8. The number of carboxylic acid groups (broad SMARTS) is 2. The van der Waals surface area contributed by atoms with Gasteiger partial charge in [0, 0.05) is 0 Å². The Labute approximate surface area is 235 Å². The van der Waals surface area contributed by atoms with Crippen LogP contribution in [0.2, 0.25) is 0 Å². The third-order valence-corrected chi connectivity index (χ3v) is 5.81. The summed E-state index contributed by atoms with van der Waals surface area (Å²) in [5, 5.41) is 24.5. The molecule has 0 aliphatic carbocycles. The highest BCUT2D eigenvalue weighted by molar-refractivity contribution is 6.02. The Balaban J connectivity index is 1.42. The van der Waals surface area contributed by atoms with E-state index in [4.69, 9.17) is 9.47 Å². The maximum absolute atomic E-state index is 12.3. The van der Waals surface area contributed by atoms with Crippen molar-refractivity contribution in [3.8, 4) is 11.5 Å². The fourth-order valence-electron chi connectivity index (χ4n) is 3.91. The number of rotatable bonds is 12. The summed E-state index contributed by atoms with van der Waals surface area (Å²) in [5.74, 6) is -2.53. The normalized spacial score (nSPS) is 10.3. The van der Waals surface area contributed by atoms with E-state index in [0.717, 1.165) is 0 Å². The van der Waals surface area contributed by atoms with E-state index in [2.05, 4.69) is 10.6 Å². The molecule has 0 unspecified atom stereocenters. The zero-order valence-electron chi connectivity index (χ0n) is 21.7. The lowest BCUT2D eigenvalue weighted by Crippen LogP contribution is -2.22. The summed E-state index contributed by atoms with van der Waals surface area (Å²) in [6, 6.07) is 26.5. The number of anilines is 2. The monoisotopic (exact) mass is 554 g/mol. The molecule has 0 aromatic heterocycles. The first-order chi connectivity index (χ1) is 19.8. The number of carbonyl (C=O) groups is 4. The van der Waals surface area contributed by atoms with Crippen LogP contribution in [0.3, 0.4) is 0 Å². The van der Waals surface area contributed by atoms with Gasteiger partial charge < -0.3 is 30.3 Å². The predicted octanol–water partition coefficient (Wildman–Crippen LogP) is 4.71. The molecule has 4 N–H and O–H groups in total. The van der Waals surface area contributed by atoms with Gasteiger partial charge in [0.1, 0.15) is 11.5 Å². The van der Waals surface area contributed by atoms with Crippen molar-refractivity contribution in [2.45, 2.75) is 6.42 Å². The number of para-hydroxylation sites is 2. The fraction of sp³-hybridized carbons (Fsp3) is 0.0968. The second-order valence-electron chi connectivity index (χ2n) is 8.85. The molecule has 41 heavy (non-hydrogen) atoms. The molecule has 0 spiro atoms. The Morgan fingerprint density at radius 3 is 1.32 bits per heavy atom. The van der Waals surface area contributed by atoms with E-state index in [1.165, 1.54) is 24.3 Å². The van der Waals surface area contributed by atoms with Crippen LogP contribution in [0.5, 0.6) is 11.5 Å². The highest BCUT2D eigenvalue weighted by atomic mass is 16.5. The summed E-state index contributed by atoms with van der Waals surface area (Å²) in [6.07, 6.45) is 0.206. The zero-order chi connectivity index (χ0) is 29.2. The van der Waals surface area contributed by atoms with Crippen LogP contribution in [0.1, 0.15) is 31.8 Å². The summed E-state index contributed by atoms with van der Waals surface area (Å²) in [6.45, 7) is -0.603. The first-order valence-electron chi connectivity index (χ1n) is 12.5. The minimum absolute atomic E-state index is 0.102. The molecule has 0 bridgehead atoms. The highest BCUT2D eigenvalue weighted by Crippen LogP contribution is 2.23. The summed E-state index contributed by atoms with van der Waals surface area (Å²) >= 11 is 0. The summed E-state index contributed by atoms with van der Waals surface area (Å²) in [4.78, 5) is 48.5. The van der Waals surface area contributed by atoms with Gasteiger partial charge in [-0.1, -0.05) is 48.5 Å². The van der Waals surface area contributed by atoms with Gasteiger partial charge in [-0.15, -0.1) is 0 Å². The van der Waals surface area contributed by atoms with Crippen LogP contribution in [-0.2, 0) is 16.0 Å². The molecular weight excluding hydrogens is 528 g/mol. The Morgan fingerprint density at radius 1 is 0.561 bits per heavy atom. The van der Waals surface area contributed by atoms with Gasteiger partial charge in [0.2, 0.25) is 0 Å². The van der Waals surface area contributed by atoms with Crippen molar-refractivity contribution in [2.75, 3.05) is 23.8 Å². The number of ether oxygens (including phenoxy) is 2. The van der Waals surface area contributed by atoms with E-state index in [9.17, 15) is 29.4 Å². The van der Waals surface area contributed by atoms with Crippen molar-refractivity contribution in [3.63, 3.8) is 0 Å². The molecule has 0 saturated carbocycles. The van der Waals surface area contributed by atoms with Gasteiger partial charge in [-0.2, -0.15) is 0 Å². The molecule has 4 aromatic rings. The predicted molar refractivity (Wildman–Crippen MR) is 151 cm³/mol. The second kappa shape index (κ2) is 13.4. The van der Waals surface area contributed by atoms with E-state index < -0.39 is 23.8 Å². The molecule has 0 atom stereocenters. The Kier molecular flexibility index (Phi) is 9.29. The Bertz CT molecular complexity index is 1440.